The highest BCUT2D eigenvalue weighted by atomic mass is 32.2. The van der Waals surface area contributed by atoms with Crippen LogP contribution < -0.4 is 0 Å². The number of thioether (sulfide) groups is 1. The summed E-state index contributed by atoms with van der Waals surface area (Å²) in [5, 5.41) is 10.9. The van der Waals surface area contributed by atoms with Crippen molar-refractivity contribution >= 4 is 27.5 Å². The number of nitro benzene ring substituents is 1. The van der Waals surface area contributed by atoms with Crippen LogP contribution in [0, 0.1) is 29.8 Å². The fourth-order valence-electron chi connectivity index (χ4n) is 2.02. The summed E-state index contributed by atoms with van der Waals surface area (Å²) in [5.74, 6) is -0.433. The molecule has 0 saturated heterocycles. The van der Waals surface area contributed by atoms with Crippen LogP contribution >= 0.6 is 11.8 Å². The van der Waals surface area contributed by atoms with Crippen molar-refractivity contribution in [3.8, 4) is 0 Å². The lowest BCUT2D eigenvalue weighted by Gasteiger charge is -2.19. The van der Waals surface area contributed by atoms with Gasteiger partial charge in [-0.3, -0.25) is 10.1 Å². The number of halogens is 1. The molecule has 6 nitrogen and oxygen atoms in total. The number of nitro groups is 1. The zero-order valence-corrected chi connectivity index (χ0v) is 13.8. The number of hydrogen-bond acceptors (Lipinski definition) is 5. The quantitative estimate of drug-likeness (QED) is 0.588. The van der Waals surface area contributed by atoms with E-state index in [4.69, 9.17) is 0 Å². The van der Waals surface area contributed by atoms with Crippen LogP contribution in [0.5, 0.6) is 0 Å². The summed E-state index contributed by atoms with van der Waals surface area (Å²) >= 11 is 1.49. The Labute approximate surface area is 127 Å². The zero-order valence-electron chi connectivity index (χ0n) is 12.2. The molecule has 0 N–H and O–H groups in total. The van der Waals surface area contributed by atoms with E-state index in [1.807, 2.05) is 6.26 Å². The average molecular weight is 336 g/mol. The molecule has 0 fully saturated rings. The van der Waals surface area contributed by atoms with E-state index < -0.39 is 26.5 Å². The Hall–Kier alpha value is -1.19. The normalized spacial score (nSPS) is 11.9. The lowest BCUT2D eigenvalue weighted by molar-refractivity contribution is -0.388. The number of aryl methyl sites for hydroxylation is 1. The minimum absolute atomic E-state index is 0.159. The molecule has 0 atom stereocenters. The molecule has 0 amide bonds. The molecule has 1 aromatic carbocycles. The fraction of sp³-hybridized carbons (Fsp3) is 0.500. The number of rotatable bonds is 6. The van der Waals surface area contributed by atoms with Gasteiger partial charge >= 0.3 is 5.69 Å². The van der Waals surface area contributed by atoms with E-state index in [0.717, 1.165) is 10.4 Å². The molecule has 0 radical (unpaired) electrons. The van der Waals surface area contributed by atoms with E-state index in [0.29, 0.717) is 5.75 Å². The molecule has 21 heavy (non-hydrogen) atoms. The summed E-state index contributed by atoms with van der Waals surface area (Å²) in [6, 6.07) is 0.889. The molecular formula is C12H17FN2O4S2. The van der Waals surface area contributed by atoms with E-state index in [-0.39, 0.29) is 22.6 Å². The fourth-order valence-corrected chi connectivity index (χ4v) is 4.19. The molecule has 1 aromatic rings. The van der Waals surface area contributed by atoms with Crippen LogP contribution in [0.2, 0.25) is 0 Å². The van der Waals surface area contributed by atoms with Gasteiger partial charge in [0, 0.05) is 19.3 Å². The Morgan fingerprint density at radius 3 is 2.48 bits per heavy atom. The Morgan fingerprint density at radius 1 is 1.43 bits per heavy atom. The zero-order chi connectivity index (χ0) is 16.4. The van der Waals surface area contributed by atoms with E-state index in [2.05, 4.69) is 0 Å². The summed E-state index contributed by atoms with van der Waals surface area (Å²) in [7, 11) is -2.49. The second-order valence-electron chi connectivity index (χ2n) is 4.55. The topological polar surface area (TPSA) is 80.5 Å². The number of hydrogen-bond donors (Lipinski definition) is 0. The van der Waals surface area contributed by atoms with E-state index in [9.17, 15) is 22.9 Å². The van der Waals surface area contributed by atoms with Crippen LogP contribution in [0.25, 0.3) is 0 Å². The molecule has 118 valence electrons. The first kappa shape index (κ1) is 17.9. The lowest BCUT2D eigenvalue weighted by Crippen LogP contribution is -2.30. The van der Waals surface area contributed by atoms with Gasteiger partial charge in [0.1, 0.15) is 0 Å². The minimum Gasteiger partial charge on any atom is -0.258 e. The van der Waals surface area contributed by atoms with Gasteiger partial charge in [0.05, 0.1) is 15.4 Å². The molecular weight excluding hydrogens is 319 g/mol. The first-order valence-corrected chi connectivity index (χ1v) is 8.87. The van der Waals surface area contributed by atoms with Crippen LogP contribution in [-0.4, -0.2) is 43.2 Å². The van der Waals surface area contributed by atoms with Gasteiger partial charge in [-0.2, -0.15) is 16.2 Å². The summed E-state index contributed by atoms with van der Waals surface area (Å²) in [4.78, 5) is 9.84. The Morgan fingerprint density at radius 2 is 2.00 bits per heavy atom. The van der Waals surface area contributed by atoms with Crippen molar-refractivity contribution in [2.45, 2.75) is 18.7 Å². The van der Waals surface area contributed by atoms with Gasteiger partial charge in [-0.25, -0.2) is 12.7 Å². The molecule has 0 aliphatic heterocycles. The summed E-state index contributed by atoms with van der Waals surface area (Å²) < 4.78 is 39.9. The molecule has 1 rings (SSSR count). The van der Waals surface area contributed by atoms with Crippen molar-refractivity contribution in [3.63, 3.8) is 0 Å². The molecule has 9 heteroatoms. The smallest absolute Gasteiger partial charge is 0.258 e. The standard InChI is InChI=1S/C12H17FN2O4S2/c1-8-7-10(13)11(15(16)17)9(2)12(8)21(18,19)14(3)5-6-20-4/h7H,5-6H2,1-4H3. The highest BCUT2D eigenvalue weighted by Crippen LogP contribution is 2.32. The first-order chi connectivity index (χ1) is 9.64. The van der Waals surface area contributed by atoms with Gasteiger partial charge in [-0.05, 0) is 31.7 Å². The van der Waals surface area contributed by atoms with Gasteiger partial charge in [0.25, 0.3) is 0 Å². The Kier molecular flexibility index (Phi) is 5.71. The van der Waals surface area contributed by atoms with Gasteiger partial charge in [-0.15, -0.1) is 0 Å². The monoisotopic (exact) mass is 336 g/mol. The molecule has 0 aliphatic rings. The third-order valence-corrected chi connectivity index (χ3v) is 5.82. The molecule has 0 bridgehead atoms. The van der Waals surface area contributed by atoms with Crippen molar-refractivity contribution in [3.05, 3.63) is 33.1 Å². The van der Waals surface area contributed by atoms with Crippen molar-refractivity contribution in [1.82, 2.24) is 4.31 Å². The molecule has 0 aliphatic carbocycles. The highest BCUT2D eigenvalue weighted by Gasteiger charge is 2.31. The van der Waals surface area contributed by atoms with Gasteiger partial charge in [-0.1, -0.05) is 0 Å². The second-order valence-corrected chi connectivity index (χ2v) is 7.52. The average Bonchev–Trinajstić information content (AvgIpc) is 2.33. The maximum atomic E-state index is 13.7. The minimum atomic E-state index is -3.90. The first-order valence-electron chi connectivity index (χ1n) is 6.04. The maximum Gasteiger partial charge on any atom is 0.309 e. The predicted molar refractivity (Wildman–Crippen MR) is 80.7 cm³/mol. The van der Waals surface area contributed by atoms with Crippen LogP contribution in [-0.2, 0) is 10.0 Å². The summed E-state index contributed by atoms with van der Waals surface area (Å²) in [5.41, 5.74) is -0.808. The number of sulfonamides is 1. The maximum absolute atomic E-state index is 13.7. The number of nitrogens with zero attached hydrogens (tertiary/aromatic N) is 2. The molecule has 0 unspecified atom stereocenters. The van der Waals surface area contributed by atoms with Crippen molar-refractivity contribution in [2.75, 3.05) is 25.6 Å². The van der Waals surface area contributed by atoms with E-state index in [1.165, 1.54) is 32.7 Å². The van der Waals surface area contributed by atoms with E-state index >= 15 is 0 Å². The second kappa shape index (κ2) is 6.71. The summed E-state index contributed by atoms with van der Waals surface area (Å²) in [6.45, 7) is 2.95. The molecule has 0 saturated carbocycles. The van der Waals surface area contributed by atoms with Gasteiger partial charge in [0.2, 0.25) is 15.8 Å². The van der Waals surface area contributed by atoms with Crippen molar-refractivity contribution in [2.24, 2.45) is 0 Å². The van der Waals surface area contributed by atoms with Crippen molar-refractivity contribution in [1.29, 1.82) is 0 Å². The third kappa shape index (κ3) is 3.53. The predicted octanol–water partition coefficient (Wildman–Crippen LogP) is 2.33. The highest BCUT2D eigenvalue weighted by molar-refractivity contribution is 7.98. The van der Waals surface area contributed by atoms with Gasteiger partial charge in [0.15, 0.2) is 0 Å². The largest absolute Gasteiger partial charge is 0.309 e. The van der Waals surface area contributed by atoms with E-state index in [1.54, 1.807) is 0 Å². The molecule has 0 heterocycles. The Balaban J connectivity index is 3.49. The molecule has 0 spiro atoms. The summed E-state index contributed by atoms with van der Waals surface area (Å²) in [6.07, 6.45) is 1.85. The molecule has 0 aromatic heterocycles. The third-order valence-electron chi connectivity index (χ3n) is 3.08. The SMILES string of the molecule is CSCCN(C)S(=O)(=O)c1c(C)cc(F)c([N+](=O)[O-])c1C. The van der Waals surface area contributed by atoms with Gasteiger partial charge < -0.3 is 0 Å². The lowest BCUT2D eigenvalue weighted by atomic mass is 10.1. The Bertz CT molecular complexity index is 662. The van der Waals surface area contributed by atoms with Crippen LogP contribution in [0.1, 0.15) is 11.1 Å². The van der Waals surface area contributed by atoms with Crippen LogP contribution in [0.4, 0.5) is 10.1 Å². The van der Waals surface area contributed by atoms with Crippen molar-refractivity contribution < 1.29 is 17.7 Å². The van der Waals surface area contributed by atoms with Crippen LogP contribution in [0.3, 0.4) is 0 Å². The van der Waals surface area contributed by atoms with Crippen LogP contribution in [0.15, 0.2) is 11.0 Å². The number of benzene rings is 1.